The topological polar surface area (TPSA) is 89.3 Å². The van der Waals surface area contributed by atoms with Gasteiger partial charge in [-0.25, -0.2) is 9.78 Å². The molecule has 0 amide bonds. The molecule has 1 aromatic heterocycles. The van der Waals surface area contributed by atoms with Crippen molar-refractivity contribution < 1.29 is 19.1 Å². The van der Waals surface area contributed by atoms with E-state index in [1.165, 1.54) is 20.3 Å². The molecular weight excluding hydrogens is 316 g/mol. The molecule has 0 saturated heterocycles. The van der Waals surface area contributed by atoms with Crippen LogP contribution in [0.5, 0.6) is 0 Å². The molecule has 0 unspecified atom stereocenters. The summed E-state index contributed by atoms with van der Waals surface area (Å²) in [6, 6.07) is 3.09. The number of esters is 2. The predicted octanol–water partition coefficient (Wildman–Crippen LogP) is 2.68. The lowest BCUT2D eigenvalue weighted by molar-refractivity contribution is -0.137. The third kappa shape index (κ3) is 5.61. The molecule has 0 saturated carbocycles. The number of ether oxygens (including phenoxy) is 2. The first-order valence-electron chi connectivity index (χ1n) is 5.92. The Bertz CT molecular complexity index is 558. The van der Waals surface area contributed by atoms with Crippen LogP contribution in [0.15, 0.2) is 11.1 Å². The quantitative estimate of drug-likeness (QED) is 0.619. The van der Waals surface area contributed by atoms with Crippen LogP contribution in [0.25, 0.3) is 0 Å². The van der Waals surface area contributed by atoms with Gasteiger partial charge in [-0.3, -0.25) is 4.79 Å². The second-order valence-corrected chi connectivity index (χ2v) is 4.51. The van der Waals surface area contributed by atoms with Crippen molar-refractivity contribution in [1.29, 1.82) is 5.26 Å². The summed E-state index contributed by atoms with van der Waals surface area (Å²) in [5.74, 6) is -1.16. The number of halogens is 1. The van der Waals surface area contributed by atoms with Crippen LogP contribution in [-0.2, 0) is 14.3 Å². The molecule has 1 rings (SSSR count). The van der Waals surface area contributed by atoms with Crippen molar-refractivity contribution in [2.45, 2.75) is 18.9 Å². The Kier molecular flexibility index (Phi) is 9.17. The van der Waals surface area contributed by atoms with Gasteiger partial charge in [0, 0.05) is 0 Å². The van der Waals surface area contributed by atoms with Gasteiger partial charge in [-0.05, 0) is 6.07 Å². The van der Waals surface area contributed by atoms with Crippen LogP contribution >= 0.6 is 23.4 Å². The van der Waals surface area contributed by atoms with Crippen molar-refractivity contribution in [3.05, 3.63) is 22.3 Å². The molecule has 0 fully saturated rings. The minimum absolute atomic E-state index is 0.0262. The molecule has 8 heteroatoms. The van der Waals surface area contributed by atoms with Crippen molar-refractivity contribution in [2.24, 2.45) is 0 Å². The van der Waals surface area contributed by atoms with E-state index in [4.69, 9.17) is 16.9 Å². The van der Waals surface area contributed by atoms with E-state index in [0.717, 1.165) is 11.8 Å². The second-order valence-electron chi connectivity index (χ2n) is 3.14. The number of methoxy groups -OCH3 is 2. The van der Waals surface area contributed by atoms with Gasteiger partial charge in [0.1, 0.15) is 11.1 Å². The van der Waals surface area contributed by atoms with Gasteiger partial charge in [0.15, 0.2) is 5.69 Å². The maximum atomic E-state index is 11.6. The lowest BCUT2D eigenvalue weighted by Crippen LogP contribution is -2.09. The summed E-state index contributed by atoms with van der Waals surface area (Å²) in [6.45, 7) is 4.00. The molecule has 0 atom stereocenters. The highest BCUT2D eigenvalue weighted by atomic mass is 35.5. The van der Waals surface area contributed by atoms with E-state index in [1.54, 1.807) is 6.07 Å². The zero-order valence-corrected chi connectivity index (χ0v) is 13.7. The number of thioether (sulfide) groups is 1. The zero-order valence-electron chi connectivity index (χ0n) is 12.1. The van der Waals surface area contributed by atoms with Crippen LogP contribution in [0, 0.1) is 11.3 Å². The Hall–Kier alpha value is -1.78. The average molecular weight is 331 g/mol. The maximum Gasteiger partial charge on any atom is 0.340 e. The monoisotopic (exact) mass is 330 g/mol. The van der Waals surface area contributed by atoms with Gasteiger partial charge < -0.3 is 9.47 Å². The van der Waals surface area contributed by atoms with E-state index in [-0.39, 0.29) is 27.1 Å². The number of carbonyl (C=O) groups excluding carboxylic acids is 2. The lowest BCUT2D eigenvalue weighted by atomic mass is 10.2. The fraction of sp³-hybridized carbons (Fsp3) is 0.385. The van der Waals surface area contributed by atoms with Crippen molar-refractivity contribution in [3.8, 4) is 6.07 Å². The highest BCUT2D eigenvalue weighted by Gasteiger charge is 2.18. The second kappa shape index (κ2) is 10.0. The van der Waals surface area contributed by atoms with Crippen molar-refractivity contribution in [3.63, 3.8) is 0 Å². The molecule has 1 aromatic rings. The molecule has 0 bridgehead atoms. The Labute approximate surface area is 132 Å². The standard InChI is InChI=1S/C11H9ClN2O4S.C2H6/c1-17-9(15)5-19-10-6(11(16)18-2)3-7(12)8(4-13)14-10;1-2/h3H,5H2,1-2H3;1-2H3. The van der Waals surface area contributed by atoms with Gasteiger partial charge in [-0.2, -0.15) is 5.26 Å². The van der Waals surface area contributed by atoms with E-state index < -0.39 is 11.9 Å². The van der Waals surface area contributed by atoms with Crippen molar-refractivity contribution in [1.82, 2.24) is 4.98 Å². The van der Waals surface area contributed by atoms with E-state index in [2.05, 4.69) is 14.5 Å². The molecule has 0 aliphatic rings. The van der Waals surface area contributed by atoms with Crippen molar-refractivity contribution in [2.75, 3.05) is 20.0 Å². The summed E-state index contributed by atoms with van der Waals surface area (Å²) in [7, 11) is 2.46. The van der Waals surface area contributed by atoms with Gasteiger partial charge in [0.2, 0.25) is 0 Å². The normalized spacial score (nSPS) is 8.95. The third-order valence-electron chi connectivity index (χ3n) is 2.01. The first-order chi connectivity index (χ1) is 10.0. The van der Waals surface area contributed by atoms with Crippen molar-refractivity contribution >= 4 is 35.3 Å². The molecule has 0 aromatic carbocycles. The van der Waals surface area contributed by atoms with Gasteiger partial charge >= 0.3 is 11.9 Å². The Morgan fingerprint density at radius 2 is 2.00 bits per heavy atom. The number of carbonyl (C=O) groups is 2. The highest BCUT2D eigenvalue weighted by Crippen LogP contribution is 2.26. The first kappa shape index (κ1) is 19.2. The molecule has 0 spiro atoms. The van der Waals surface area contributed by atoms with E-state index in [9.17, 15) is 9.59 Å². The zero-order chi connectivity index (χ0) is 16.4. The van der Waals surface area contributed by atoms with E-state index in [0.29, 0.717) is 0 Å². The fourth-order valence-electron chi connectivity index (χ4n) is 1.10. The molecule has 0 radical (unpaired) electrons. The summed E-state index contributed by atoms with van der Waals surface area (Å²) in [6.07, 6.45) is 0. The maximum absolute atomic E-state index is 11.6. The number of aromatic nitrogens is 1. The molecule has 114 valence electrons. The van der Waals surface area contributed by atoms with Gasteiger partial charge in [-0.1, -0.05) is 37.2 Å². The van der Waals surface area contributed by atoms with Crippen LogP contribution in [0.4, 0.5) is 0 Å². The minimum atomic E-state index is -0.647. The molecule has 0 aliphatic heterocycles. The van der Waals surface area contributed by atoms with Gasteiger partial charge in [-0.15, -0.1) is 0 Å². The van der Waals surface area contributed by atoms with Gasteiger partial charge in [0.05, 0.1) is 30.6 Å². The largest absolute Gasteiger partial charge is 0.468 e. The van der Waals surface area contributed by atoms with E-state index in [1.807, 2.05) is 13.8 Å². The SMILES string of the molecule is CC.COC(=O)CSc1nc(C#N)c(Cl)cc1C(=O)OC. The van der Waals surface area contributed by atoms with Crippen LogP contribution < -0.4 is 0 Å². The molecule has 0 aliphatic carbocycles. The molecule has 6 nitrogen and oxygen atoms in total. The Balaban J connectivity index is 0.00000191. The first-order valence-corrected chi connectivity index (χ1v) is 7.28. The smallest absolute Gasteiger partial charge is 0.340 e. The number of pyridine rings is 1. The van der Waals surface area contributed by atoms with Crippen LogP contribution in [-0.4, -0.2) is 36.9 Å². The Morgan fingerprint density at radius 1 is 1.38 bits per heavy atom. The van der Waals surface area contributed by atoms with Gasteiger partial charge in [0.25, 0.3) is 0 Å². The molecule has 0 N–H and O–H groups in total. The Morgan fingerprint density at radius 3 is 2.48 bits per heavy atom. The van der Waals surface area contributed by atoms with E-state index >= 15 is 0 Å². The molecule has 21 heavy (non-hydrogen) atoms. The molecule has 1 heterocycles. The number of hydrogen-bond acceptors (Lipinski definition) is 7. The number of hydrogen-bond donors (Lipinski definition) is 0. The number of nitriles is 1. The fourth-order valence-corrected chi connectivity index (χ4v) is 2.12. The van der Waals surface area contributed by atoms with Crippen LogP contribution in [0.1, 0.15) is 29.9 Å². The average Bonchev–Trinajstić information content (AvgIpc) is 2.53. The third-order valence-corrected chi connectivity index (χ3v) is 3.26. The summed E-state index contributed by atoms with van der Waals surface area (Å²) < 4.78 is 9.07. The summed E-state index contributed by atoms with van der Waals surface area (Å²) in [4.78, 5) is 26.6. The number of nitrogens with zero attached hydrogens (tertiary/aromatic N) is 2. The summed E-state index contributed by atoms with van der Waals surface area (Å²) in [5, 5.41) is 9.08. The summed E-state index contributed by atoms with van der Waals surface area (Å²) in [5.41, 5.74) is 0.0714. The minimum Gasteiger partial charge on any atom is -0.468 e. The highest BCUT2D eigenvalue weighted by molar-refractivity contribution is 8.00. The lowest BCUT2D eigenvalue weighted by Gasteiger charge is -2.07. The predicted molar refractivity (Wildman–Crippen MR) is 79.4 cm³/mol. The van der Waals surface area contributed by atoms with Crippen LogP contribution in [0.3, 0.4) is 0 Å². The van der Waals surface area contributed by atoms with Crippen LogP contribution in [0.2, 0.25) is 5.02 Å². The molecular formula is C13H15ClN2O4S. The summed E-state index contributed by atoms with van der Waals surface area (Å²) >= 11 is 6.76. The number of rotatable bonds is 4.